The lowest BCUT2D eigenvalue weighted by atomic mass is 9.92. The first-order valence-electron chi connectivity index (χ1n) is 19.9. The van der Waals surface area contributed by atoms with Crippen LogP contribution in [0.4, 0.5) is 4.79 Å². The molecule has 1 fully saturated rings. The summed E-state index contributed by atoms with van der Waals surface area (Å²) in [4.78, 5) is 106. The molecule has 1 saturated heterocycles. The molecule has 5 unspecified atom stereocenters. The molecule has 4 heterocycles. The number of amides is 1. The lowest BCUT2D eigenvalue weighted by Crippen LogP contribution is -2.59. The van der Waals surface area contributed by atoms with Crippen molar-refractivity contribution >= 4 is 64.1 Å². The van der Waals surface area contributed by atoms with Crippen LogP contribution in [0.2, 0.25) is 10.0 Å². The molecule has 1 amide bonds. The lowest BCUT2D eigenvalue weighted by Gasteiger charge is -2.42. The third-order valence-electron chi connectivity index (χ3n) is 9.83. The zero-order valence-electron chi connectivity index (χ0n) is 35.0. The Bertz CT molecular complexity index is 2500. The highest BCUT2D eigenvalue weighted by molar-refractivity contribution is 6.31. The number of ether oxygens (including phenoxy) is 3. The zero-order valence-corrected chi connectivity index (χ0v) is 36.5. The van der Waals surface area contributed by atoms with E-state index in [-0.39, 0.29) is 13.0 Å². The number of carbonyl (C=O) groups is 5. The molecule has 2 aliphatic heterocycles. The number of H-pyrrole nitrogens is 1. The summed E-state index contributed by atoms with van der Waals surface area (Å²) in [5, 5.41) is 10.5. The van der Waals surface area contributed by atoms with Gasteiger partial charge in [-0.15, -0.1) is 5.10 Å². The van der Waals surface area contributed by atoms with Crippen LogP contribution in [0.3, 0.4) is 0 Å². The van der Waals surface area contributed by atoms with Gasteiger partial charge in [0.15, 0.2) is 24.5 Å². The third kappa shape index (κ3) is 11.7. The second-order valence-electron chi connectivity index (χ2n) is 14.6. The van der Waals surface area contributed by atoms with Gasteiger partial charge in [-0.2, -0.15) is 19.6 Å². The average molecular weight is 943 g/mol. The van der Waals surface area contributed by atoms with E-state index in [9.17, 15) is 24.0 Å². The normalized spacial score (nSPS) is 20.4. The molecule has 7 rings (SSSR count). The molecule has 21 nitrogen and oxygen atoms in total. The molecular weight excluding hydrogens is 901 g/mol. The van der Waals surface area contributed by atoms with Gasteiger partial charge in [-0.3, -0.25) is 24.5 Å². The number of fused-ring (bicyclic) bond motifs is 3. The van der Waals surface area contributed by atoms with Crippen LogP contribution in [0.1, 0.15) is 62.5 Å². The molecule has 0 spiro atoms. The van der Waals surface area contributed by atoms with Crippen molar-refractivity contribution in [1.82, 2.24) is 24.9 Å². The molecule has 3 aromatic carbocycles. The Hall–Kier alpha value is -6.33. The van der Waals surface area contributed by atoms with Gasteiger partial charge >= 0.3 is 30.0 Å². The van der Waals surface area contributed by atoms with E-state index in [1.807, 2.05) is 24.3 Å². The molecule has 0 bridgehead atoms. The van der Waals surface area contributed by atoms with E-state index in [0.717, 1.165) is 55.4 Å². The number of nitrogens with one attached hydrogen (secondary N) is 1. The summed E-state index contributed by atoms with van der Waals surface area (Å²) in [7, 11) is 0. The Morgan fingerprint density at radius 3 is 2.08 bits per heavy atom. The van der Waals surface area contributed by atoms with Crippen LogP contribution in [0.25, 0.3) is 10.9 Å². The van der Waals surface area contributed by atoms with Gasteiger partial charge in [-0.05, 0) is 72.1 Å². The molecule has 5 aromatic rings. The van der Waals surface area contributed by atoms with Crippen LogP contribution >= 0.6 is 23.2 Å². The fourth-order valence-electron chi connectivity index (χ4n) is 7.16. The Morgan fingerprint density at radius 2 is 1.40 bits per heavy atom. The summed E-state index contributed by atoms with van der Waals surface area (Å²) < 4.78 is 19.2. The maximum atomic E-state index is 13.7. The number of rotatable bonds is 16. The quantitative estimate of drug-likeness (QED) is 0.0906. The molecule has 0 aliphatic carbocycles. The number of hydrogen-bond acceptors (Lipinski definition) is 18. The molecule has 23 heteroatoms. The van der Waals surface area contributed by atoms with Gasteiger partial charge in [-0.1, -0.05) is 40.5 Å². The minimum absolute atomic E-state index is 0.127. The minimum atomic E-state index is -1.57. The smallest absolute Gasteiger partial charge is 0.416 e. The standard InChI is InChI=1S/C42H41Cl2N5O16/c1-22(50)59-56-21-35-38(63-60-23(2)51)39(64-61-24(3)52)40(65-62-25(4)53)41(58-35)49-20-29(46-47-49)16-18-55-30-10-5-26(6-11-30)37-36-32(33-19-28(44)9-14-34(33)45-36)15-17-48(37)42(54)57-31-12-7-27(43)8-13-31/h5-14,19-20,35,37-41,45H,15-18,21H2,1-4H3/t35?,37-,38?,39?,40?,41?/m0/s1. The van der Waals surface area contributed by atoms with E-state index in [2.05, 4.69) is 20.2 Å². The first-order valence-corrected chi connectivity index (χ1v) is 20.6. The number of carbonyl (C=O) groups excluding carboxylic acids is 5. The Balaban J connectivity index is 1.07. The summed E-state index contributed by atoms with van der Waals surface area (Å²) in [6.07, 6.45) is -5.58. The molecule has 65 heavy (non-hydrogen) atoms. The molecule has 2 aromatic heterocycles. The molecule has 0 saturated carbocycles. The van der Waals surface area contributed by atoms with Crippen LogP contribution < -0.4 is 9.47 Å². The number of hydrogen-bond donors (Lipinski definition) is 1. The Morgan fingerprint density at radius 1 is 0.769 bits per heavy atom. The monoisotopic (exact) mass is 941 g/mol. The Kier molecular flexibility index (Phi) is 15.2. The zero-order chi connectivity index (χ0) is 46.2. The van der Waals surface area contributed by atoms with Gasteiger partial charge in [0.1, 0.15) is 30.3 Å². The van der Waals surface area contributed by atoms with Gasteiger partial charge in [0.2, 0.25) is 0 Å². The van der Waals surface area contributed by atoms with Gasteiger partial charge < -0.3 is 19.2 Å². The number of aromatic amines is 1. The first-order chi connectivity index (χ1) is 31.2. The summed E-state index contributed by atoms with van der Waals surface area (Å²) in [6.45, 7) is 4.21. The lowest BCUT2D eigenvalue weighted by molar-refractivity contribution is -0.446. The van der Waals surface area contributed by atoms with E-state index in [1.165, 1.54) is 10.9 Å². The van der Waals surface area contributed by atoms with Gasteiger partial charge in [-0.25, -0.2) is 28.7 Å². The second-order valence-corrected chi connectivity index (χ2v) is 15.4. The minimum Gasteiger partial charge on any atom is -0.493 e. The molecule has 2 aliphatic rings. The van der Waals surface area contributed by atoms with Gasteiger partial charge in [0, 0.05) is 67.3 Å². The van der Waals surface area contributed by atoms with Crippen LogP contribution in [0.5, 0.6) is 11.5 Å². The van der Waals surface area contributed by atoms with E-state index in [4.69, 9.17) is 71.6 Å². The van der Waals surface area contributed by atoms with E-state index < -0.39 is 73.3 Å². The molecule has 6 atom stereocenters. The van der Waals surface area contributed by atoms with Crippen molar-refractivity contribution in [2.45, 2.75) is 77.2 Å². The second kappa shape index (κ2) is 21.1. The number of aromatic nitrogens is 4. The summed E-state index contributed by atoms with van der Waals surface area (Å²) >= 11 is 12.4. The number of benzene rings is 3. The van der Waals surface area contributed by atoms with E-state index in [1.54, 1.807) is 47.4 Å². The largest absolute Gasteiger partial charge is 0.493 e. The van der Waals surface area contributed by atoms with Crippen LogP contribution in [-0.4, -0.2) is 99.0 Å². The summed E-state index contributed by atoms with van der Waals surface area (Å²) in [6, 6.07) is 18.9. The first kappa shape index (κ1) is 46.7. The number of nitrogens with zero attached hydrogens (tertiary/aromatic N) is 4. The predicted octanol–water partition coefficient (Wildman–Crippen LogP) is 5.82. The van der Waals surface area contributed by atoms with Crippen LogP contribution in [-0.2, 0) is 75.9 Å². The van der Waals surface area contributed by atoms with Crippen molar-refractivity contribution < 1.29 is 77.3 Å². The average Bonchev–Trinajstić information content (AvgIpc) is 3.89. The molecule has 344 valence electrons. The predicted molar refractivity (Wildman–Crippen MR) is 220 cm³/mol. The van der Waals surface area contributed by atoms with E-state index >= 15 is 0 Å². The molecule has 0 radical (unpaired) electrons. The van der Waals surface area contributed by atoms with E-state index in [0.29, 0.717) is 40.2 Å². The summed E-state index contributed by atoms with van der Waals surface area (Å²) in [5.74, 6) is -2.58. The van der Waals surface area contributed by atoms with Crippen molar-refractivity contribution in [3.05, 3.63) is 105 Å². The maximum Gasteiger partial charge on any atom is 0.416 e. The molecule has 1 N–H and O–H groups in total. The number of halogens is 2. The molecular formula is C42H41Cl2N5O16. The van der Waals surface area contributed by atoms with Crippen LogP contribution in [0, 0.1) is 0 Å². The van der Waals surface area contributed by atoms with Crippen molar-refractivity contribution in [1.29, 1.82) is 0 Å². The van der Waals surface area contributed by atoms with Crippen molar-refractivity contribution in [3.8, 4) is 11.5 Å². The maximum absolute atomic E-state index is 13.7. The highest BCUT2D eigenvalue weighted by Gasteiger charge is 2.54. The van der Waals surface area contributed by atoms with Crippen molar-refractivity contribution in [3.63, 3.8) is 0 Å². The fourth-order valence-corrected chi connectivity index (χ4v) is 7.46. The van der Waals surface area contributed by atoms with Crippen LogP contribution in [0.15, 0.2) is 72.9 Å². The van der Waals surface area contributed by atoms with Crippen molar-refractivity contribution in [2.24, 2.45) is 0 Å². The highest BCUT2D eigenvalue weighted by Crippen LogP contribution is 2.40. The van der Waals surface area contributed by atoms with Gasteiger partial charge in [0.25, 0.3) is 0 Å². The van der Waals surface area contributed by atoms with Gasteiger partial charge in [0.05, 0.1) is 18.5 Å². The topological polar surface area (TPSA) is 237 Å². The summed E-state index contributed by atoms with van der Waals surface area (Å²) in [5.41, 5.74) is 3.97. The fraction of sp³-hybridized carbons (Fsp3) is 0.357. The highest BCUT2D eigenvalue weighted by atomic mass is 35.5. The third-order valence-corrected chi connectivity index (χ3v) is 10.3. The SMILES string of the molecule is CC(=O)OOCC1OC(n2cc(CCOc3ccc([C@H]4c5[nH]c6ccc(Cl)cc6c5CCN4C(=O)Oc4ccc(Cl)cc4)cc3)nn2)C(OOC(C)=O)C(OOC(C)=O)C1OOC(C)=O. The Labute approximate surface area is 379 Å². The van der Waals surface area contributed by atoms with Crippen molar-refractivity contribution in [2.75, 3.05) is 19.8 Å².